The van der Waals surface area contributed by atoms with E-state index in [0.29, 0.717) is 0 Å². The molecule has 0 atom stereocenters. The number of hydrogen-bond donors (Lipinski definition) is 0. The summed E-state index contributed by atoms with van der Waals surface area (Å²) in [7, 11) is -1.06. The van der Waals surface area contributed by atoms with Gasteiger partial charge in [0.1, 0.15) is 0 Å². The monoisotopic (exact) mass is 329 g/mol. The van der Waals surface area contributed by atoms with Crippen molar-refractivity contribution in [3.63, 3.8) is 0 Å². The molecule has 0 aromatic rings. The number of rotatable bonds is 2. The van der Waals surface area contributed by atoms with Crippen molar-refractivity contribution in [3.05, 3.63) is 0 Å². The summed E-state index contributed by atoms with van der Waals surface area (Å²) < 4.78 is 5.49. The Morgan fingerprint density at radius 2 is 1.62 bits per heavy atom. The van der Waals surface area contributed by atoms with Gasteiger partial charge >= 0.3 is 21.1 Å². The van der Waals surface area contributed by atoms with Gasteiger partial charge in [-0.05, 0) is 26.2 Å². The molecule has 0 N–H and O–H groups in total. The molecule has 0 saturated heterocycles. The second-order valence-electron chi connectivity index (χ2n) is 2.07. The van der Waals surface area contributed by atoms with Crippen LogP contribution in [0, 0.1) is 0 Å². The zero-order chi connectivity index (χ0) is 5.86. The molecule has 0 aliphatic rings. The Labute approximate surface area is 69.5 Å². The fourth-order valence-corrected chi connectivity index (χ4v) is 4.24. The predicted molar refractivity (Wildman–Crippen MR) is 38.8 cm³/mol. The van der Waals surface area contributed by atoms with Crippen molar-refractivity contribution in [1.29, 1.82) is 0 Å². The van der Waals surface area contributed by atoms with E-state index in [0.717, 1.165) is 0 Å². The normalized spacial score (nSPS) is 9.75. The van der Waals surface area contributed by atoms with Crippen LogP contribution < -0.4 is 0 Å². The van der Waals surface area contributed by atoms with Gasteiger partial charge in [-0.2, -0.15) is 0 Å². The molecule has 0 rings (SSSR count). The molecule has 4 heteroatoms. The van der Waals surface area contributed by atoms with Gasteiger partial charge in [0.05, 0.1) is 0 Å². The predicted octanol–water partition coefficient (Wildman–Crippen LogP) is 0.967. The molecule has 0 saturated carbocycles. The molecule has 0 amide bonds. The second-order valence-corrected chi connectivity index (χ2v) is 6.93. The average molecular weight is 329 g/mol. The van der Waals surface area contributed by atoms with E-state index in [4.69, 9.17) is 4.12 Å². The molecule has 8 heavy (non-hydrogen) atoms. The fraction of sp³-hybridized carbons (Fsp3) is 1.00. The van der Waals surface area contributed by atoms with Gasteiger partial charge in [-0.3, -0.25) is 0 Å². The van der Waals surface area contributed by atoms with Gasteiger partial charge in [0.2, 0.25) is 0 Å². The molecule has 0 aromatic carbocycles. The molecular formula is C4H14OPtSi2. The third kappa shape index (κ3) is 10.1. The van der Waals surface area contributed by atoms with Crippen molar-refractivity contribution in [3.8, 4) is 0 Å². The summed E-state index contributed by atoms with van der Waals surface area (Å²) in [4.78, 5) is 0. The quantitative estimate of drug-likeness (QED) is 0.686. The van der Waals surface area contributed by atoms with Crippen molar-refractivity contribution < 1.29 is 25.2 Å². The van der Waals surface area contributed by atoms with Gasteiger partial charge in [0, 0.05) is 0 Å². The van der Waals surface area contributed by atoms with E-state index in [1.165, 1.54) is 0 Å². The minimum absolute atomic E-state index is 0. The average Bonchev–Trinajstić information content (AvgIpc) is 1.27. The van der Waals surface area contributed by atoms with Gasteiger partial charge in [0.25, 0.3) is 0 Å². The second kappa shape index (κ2) is 6.21. The Morgan fingerprint density at radius 1 is 1.25 bits per heavy atom. The summed E-state index contributed by atoms with van der Waals surface area (Å²) in [6, 6.07) is 0. The van der Waals surface area contributed by atoms with E-state index < -0.39 is 9.04 Å². The fourth-order valence-electron chi connectivity index (χ4n) is 0.471. The zero-order valence-electron chi connectivity index (χ0n) is 5.82. The maximum atomic E-state index is 5.49. The van der Waals surface area contributed by atoms with Crippen molar-refractivity contribution in [2.75, 3.05) is 0 Å². The molecule has 54 valence electrons. The van der Waals surface area contributed by atoms with Crippen molar-refractivity contribution in [1.82, 2.24) is 0 Å². The first-order chi connectivity index (χ1) is 3.13. The third-order valence-electron chi connectivity index (χ3n) is 0.471. The van der Waals surface area contributed by atoms with E-state index in [9.17, 15) is 0 Å². The SMILES string of the molecule is C[Si](C)O[SiH](C)C.[PtH]. The Hall–Kier alpha value is 1.08. The Balaban J connectivity index is 0. The molecular weight excluding hydrogens is 315 g/mol. The molecule has 0 fully saturated rings. The van der Waals surface area contributed by atoms with Gasteiger partial charge in [0.15, 0.2) is 18.1 Å². The van der Waals surface area contributed by atoms with Gasteiger partial charge in [-0.25, -0.2) is 0 Å². The Bertz CT molecular complexity index is 43.3. The summed E-state index contributed by atoms with van der Waals surface area (Å²) >= 11 is 0. The van der Waals surface area contributed by atoms with E-state index in [1.807, 2.05) is 0 Å². The first-order valence-corrected chi connectivity index (χ1v) is 7.78. The first-order valence-electron chi connectivity index (χ1n) is 2.59. The van der Waals surface area contributed by atoms with Crippen LogP contribution in [-0.2, 0) is 25.2 Å². The van der Waals surface area contributed by atoms with E-state index in [1.54, 1.807) is 0 Å². The van der Waals surface area contributed by atoms with Crippen molar-refractivity contribution in [2.45, 2.75) is 26.2 Å². The van der Waals surface area contributed by atoms with Crippen molar-refractivity contribution >= 4 is 18.1 Å². The van der Waals surface area contributed by atoms with Crippen LogP contribution in [0.15, 0.2) is 0 Å². The van der Waals surface area contributed by atoms with Crippen molar-refractivity contribution in [2.24, 2.45) is 0 Å². The molecule has 0 aliphatic heterocycles. The molecule has 1 nitrogen and oxygen atoms in total. The van der Waals surface area contributed by atoms with Crippen LogP contribution >= 0.6 is 0 Å². The van der Waals surface area contributed by atoms with Crippen LogP contribution in [0.1, 0.15) is 0 Å². The van der Waals surface area contributed by atoms with Crippen LogP contribution in [0.2, 0.25) is 26.2 Å². The Morgan fingerprint density at radius 3 is 1.62 bits per heavy atom. The topological polar surface area (TPSA) is 9.23 Å². The molecule has 0 spiro atoms. The van der Waals surface area contributed by atoms with Gasteiger partial charge < -0.3 is 4.12 Å². The van der Waals surface area contributed by atoms with Crippen LogP contribution in [-0.4, -0.2) is 18.1 Å². The molecule has 0 heterocycles. The standard InChI is InChI=1S/C4H13OSi2.Pt.H/c1-6(2)5-7(3)4;;/h6H,1-4H3;;. The minimum atomic E-state index is -0.683. The zero-order valence-corrected chi connectivity index (χ0v) is 10.4. The molecule has 0 aromatic heterocycles. The summed E-state index contributed by atoms with van der Waals surface area (Å²) in [6.07, 6.45) is 0. The Kier molecular flexibility index (Phi) is 9.18. The van der Waals surface area contributed by atoms with Gasteiger partial charge in [-0.1, -0.05) is 0 Å². The molecule has 0 bridgehead atoms. The maximum absolute atomic E-state index is 5.49. The summed E-state index contributed by atoms with van der Waals surface area (Å²) in [6.45, 7) is 8.77. The summed E-state index contributed by atoms with van der Waals surface area (Å²) in [5.41, 5.74) is 0. The van der Waals surface area contributed by atoms with Gasteiger partial charge in [-0.15, -0.1) is 0 Å². The molecule has 1 radical (unpaired) electrons. The number of hydrogen-bond acceptors (Lipinski definition) is 1. The van der Waals surface area contributed by atoms with Crippen LogP contribution in [0.25, 0.3) is 0 Å². The van der Waals surface area contributed by atoms with E-state index in [-0.39, 0.29) is 30.1 Å². The molecule has 0 aliphatic carbocycles. The van der Waals surface area contributed by atoms with Crippen LogP contribution in [0.4, 0.5) is 0 Å². The van der Waals surface area contributed by atoms with Crippen LogP contribution in [0.5, 0.6) is 0 Å². The molecule has 0 unspecified atom stereocenters. The van der Waals surface area contributed by atoms with E-state index >= 15 is 0 Å². The van der Waals surface area contributed by atoms with E-state index in [2.05, 4.69) is 26.2 Å². The first kappa shape index (κ1) is 11.8. The van der Waals surface area contributed by atoms with Crippen LogP contribution in [0.3, 0.4) is 0 Å². The third-order valence-corrected chi connectivity index (χ3v) is 4.24. The summed E-state index contributed by atoms with van der Waals surface area (Å²) in [5.74, 6) is 0. The summed E-state index contributed by atoms with van der Waals surface area (Å²) in [5, 5.41) is 0.